The van der Waals surface area contributed by atoms with Crippen LogP contribution in [-0.4, -0.2) is 19.6 Å². The van der Waals surface area contributed by atoms with E-state index in [1.165, 1.54) is 6.92 Å². The number of nitrogens with one attached hydrogen (secondary N) is 1. The number of amides is 1. The summed E-state index contributed by atoms with van der Waals surface area (Å²) in [6, 6.07) is 16.6. The topological polar surface area (TPSA) is 63.2 Å². The molecule has 0 aliphatic carbocycles. The summed E-state index contributed by atoms with van der Waals surface area (Å²) in [6.07, 6.45) is 0. The van der Waals surface area contributed by atoms with Crippen molar-refractivity contribution in [3.8, 4) is 0 Å². The molecular weight excluding hydrogens is 322 g/mol. The Labute approximate surface area is 143 Å². The van der Waals surface area contributed by atoms with E-state index in [4.69, 9.17) is 0 Å². The molecule has 0 saturated carbocycles. The van der Waals surface area contributed by atoms with Crippen LogP contribution in [0.3, 0.4) is 0 Å². The van der Waals surface area contributed by atoms with E-state index in [2.05, 4.69) is 5.32 Å². The van der Waals surface area contributed by atoms with Crippen LogP contribution in [0.25, 0.3) is 0 Å². The van der Waals surface area contributed by atoms with Gasteiger partial charge in [-0.1, -0.05) is 60.2 Å². The third-order valence-corrected chi connectivity index (χ3v) is 6.04. The highest BCUT2D eigenvalue weighted by Crippen LogP contribution is 2.16. The lowest BCUT2D eigenvalue weighted by molar-refractivity contribution is -0.121. The molecule has 0 heterocycles. The average Bonchev–Trinajstić information content (AvgIpc) is 2.54. The number of carbonyl (C=O) groups excluding carboxylic acids is 1. The standard InChI is InChI=1S/C19H23NO3S/c1-14-8-7-9-17(12-14)13-24(22,23)16(3)19(21)20-15(2)18-10-5-4-6-11-18/h4-12,15-16H,13H2,1-3H3,(H,20,21)/t15-,16+/m0/s1. The molecule has 0 radical (unpaired) electrons. The summed E-state index contributed by atoms with van der Waals surface area (Å²) in [5, 5.41) is 1.69. The highest BCUT2D eigenvalue weighted by atomic mass is 32.2. The second-order valence-corrected chi connectivity index (χ2v) is 8.40. The van der Waals surface area contributed by atoms with Crippen molar-refractivity contribution in [1.82, 2.24) is 5.32 Å². The lowest BCUT2D eigenvalue weighted by Gasteiger charge is -2.18. The zero-order valence-electron chi connectivity index (χ0n) is 14.2. The highest BCUT2D eigenvalue weighted by molar-refractivity contribution is 7.92. The van der Waals surface area contributed by atoms with E-state index in [-0.39, 0.29) is 11.8 Å². The van der Waals surface area contributed by atoms with Gasteiger partial charge in [0, 0.05) is 0 Å². The lowest BCUT2D eigenvalue weighted by atomic mass is 10.1. The highest BCUT2D eigenvalue weighted by Gasteiger charge is 2.29. The van der Waals surface area contributed by atoms with E-state index in [1.54, 1.807) is 6.07 Å². The van der Waals surface area contributed by atoms with Gasteiger partial charge in [0.2, 0.25) is 5.91 Å². The monoisotopic (exact) mass is 345 g/mol. The second-order valence-electron chi connectivity index (χ2n) is 6.08. The molecule has 1 amide bonds. The third-order valence-electron chi connectivity index (χ3n) is 4.02. The van der Waals surface area contributed by atoms with Crippen molar-refractivity contribution in [2.45, 2.75) is 37.8 Å². The summed E-state index contributed by atoms with van der Waals surface area (Å²) in [4.78, 5) is 12.3. The molecule has 24 heavy (non-hydrogen) atoms. The van der Waals surface area contributed by atoms with Gasteiger partial charge in [-0.2, -0.15) is 0 Å². The van der Waals surface area contributed by atoms with Crippen LogP contribution in [0.4, 0.5) is 0 Å². The smallest absolute Gasteiger partial charge is 0.238 e. The fraction of sp³-hybridized carbons (Fsp3) is 0.316. The molecule has 0 unspecified atom stereocenters. The minimum Gasteiger partial charge on any atom is -0.348 e. The molecule has 0 aliphatic heterocycles. The average molecular weight is 345 g/mol. The van der Waals surface area contributed by atoms with Crippen LogP contribution >= 0.6 is 0 Å². The van der Waals surface area contributed by atoms with Gasteiger partial charge < -0.3 is 5.32 Å². The van der Waals surface area contributed by atoms with Gasteiger partial charge in [-0.05, 0) is 31.9 Å². The Morgan fingerprint density at radius 1 is 1.04 bits per heavy atom. The van der Waals surface area contributed by atoms with Crippen molar-refractivity contribution in [2.75, 3.05) is 0 Å². The predicted octanol–water partition coefficient (Wildman–Crippen LogP) is 3.18. The number of hydrogen-bond acceptors (Lipinski definition) is 3. The van der Waals surface area contributed by atoms with Gasteiger partial charge in [-0.3, -0.25) is 4.79 Å². The van der Waals surface area contributed by atoms with Crippen LogP contribution in [0.2, 0.25) is 0 Å². The van der Waals surface area contributed by atoms with Crippen molar-refractivity contribution in [2.24, 2.45) is 0 Å². The summed E-state index contributed by atoms with van der Waals surface area (Å²) < 4.78 is 25.0. The molecule has 1 N–H and O–H groups in total. The van der Waals surface area contributed by atoms with Crippen molar-refractivity contribution in [3.63, 3.8) is 0 Å². The molecule has 2 atom stereocenters. The zero-order valence-corrected chi connectivity index (χ0v) is 15.0. The molecule has 128 valence electrons. The summed E-state index contributed by atoms with van der Waals surface area (Å²) >= 11 is 0. The van der Waals surface area contributed by atoms with Crippen LogP contribution in [0.15, 0.2) is 54.6 Å². The first-order chi connectivity index (χ1) is 11.3. The first kappa shape index (κ1) is 18.2. The van der Waals surface area contributed by atoms with Gasteiger partial charge in [-0.25, -0.2) is 8.42 Å². The van der Waals surface area contributed by atoms with Gasteiger partial charge in [0.15, 0.2) is 9.84 Å². The van der Waals surface area contributed by atoms with E-state index in [1.807, 2.05) is 62.4 Å². The van der Waals surface area contributed by atoms with E-state index in [9.17, 15) is 13.2 Å². The Kier molecular flexibility index (Phi) is 5.78. The summed E-state index contributed by atoms with van der Waals surface area (Å²) in [6.45, 7) is 5.19. The third kappa shape index (κ3) is 4.68. The first-order valence-corrected chi connectivity index (χ1v) is 9.63. The van der Waals surface area contributed by atoms with Crippen molar-refractivity contribution in [3.05, 3.63) is 71.3 Å². The molecule has 0 spiro atoms. The van der Waals surface area contributed by atoms with Crippen LogP contribution in [0.1, 0.15) is 36.6 Å². The van der Waals surface area contributed by atoms with Gasteiger partial charge >= 0.3 is 0 Å². The number of aryl methyl sites for hydroxylation is 1. The predicted molar refractivity (Wildman–Crippen MR) is 96.3 cm³/mol. The maximum absolute atomic E-state index is 12.5. The van der Waals surface area contributed by atoms with Crippen LogP contribution in [0, 0.1) is 6.92 Å². The van der Waals surface area contributed by atoms with Gasteiger partial charge in [-0.15, -0.1) is 0 Å². The number of benzene rings is 2. The summed E-state index contributed by atoms with van der Waals surface area (Å²) in [5.41, 5.74) is 2.64. The van der Waals surface area contributed by atoms with E-state index in [0.717, 1.165) is 11.1 Å². The normalized spacial score (nSPS) is 14.0. The molecular formula is C19H23NO3S. The summed E-state index contributed by atoms with van der Waals surface area (Å²) in [7, 11) is -3.57. The zero-order chi connectivity index (χ0) is 17.7. The Bertz CT molecular complexity index is 800. The molecule has 2 aromatic rings. The fourth-order valence-electron chi connectivity index (χ4n) is 2.48. The molecule has 2 rings (SSSR count). The van der Waals surface area contributed by atoms with Crippen LogP contribution in [0.5, 0.6) is 0 Å². The van der Waals surface area contributed by atoms with E-state index in [0.29, 0.717) is 5.56 Å². The number of sulfone groups is 1. The van der Waals surface area contributed by atoms with Crippen molar-refractivity contribution < 1.29 is 13.2 Å². The van der Waals surface area contributed by atoms with Gasteiger partial charge in [0.05, 0.1) is 11.8 Å². The van der Waals surface area contributed by atoms with Gasteiger partial charge in [0.25, 0.3) is 0 Å². The molecule has 0 aliphatic rings. The minimum atomic E-state index is -3.57. The van der Waals surface area contributed by atoms with E-state index >= 15 is 0 Å². The molecule has 5 heteroatoms. The van der Waals surface area contributed by atoms with Crippen molar-refractivity contribution >= 4 is 15.7 Å². The van der Waals surface area contributed by atoms with E-state index < -0.39 is 21.0 Å². The molecule has 2 aromatic carbocycles. The maximum atomic E-state index is 12.5. The minimum absolute atomic E-state index is 0.136. The van der Waals surface area contributed by atoms with Crippen LogP contribution < -0.4 is 5.32 Å². The van der Waals surface area contributed by atoms with Crippen molar-refractivity contribution in [1.29, 1.82) is 0 Å². The summed E-state index contributed by atoms with van der Waals surface area (Å²) in [5.74, 6) is -0.609. The quantitative estimate of drug-likeness (QED) is 0.874. The Morgan fingerprint density at radius 2 is 1.71 bits per heavy atom. The molecule has 0 saturated heterocycles. The maximum Gasteiger partial charge on any atom is 0.238 e. The van der Waals surface area contributed by atoms with Crippen LogP contribution in [-0.2, 0) is 20.4 Å². The number of carbonyl (C=O) groups is 1. The second kappa shape index (κ2) is 7.62. The first-order valence-electron chi connectivity index (χ1n) is 7.92. The molecule has 0 fully saturated rings. The SMILES string of the molecule is Cc1cccc(CS(=O)(=O)[C@H](C)C(=O)N[C@@H](C)c2ccccc2)c1. The molecule has 0 bridgehead atoms. The fourth-order valence-corrected chi connectivity index (χ4v) is 3.77. The Balaban J connectivity index is 2.06. The van der Waals surface area contributed by atoms with Gasteiger partial charge in [0.1, 0.15) is 5.25 Å². The molecule has 4 nitrogen and oxygen atoms in total. The largest absolute Gasteiger partial charge is 0.348 e. The Morgan fingerprint density at radius 3 is 2.33 bits per heavy atom. The number of hydrogen-bond donors (Lipinski definition) is 1. The lowest BCUT2D eigenvalue weighted by Crippen LogP contribution is -2.39. The molecule has 0 aromatic heterocycles. The number of rotatable bonds is 6. The Hall–Kier alpha value is -2.14.